The van der Waals surface area contributed by atoms with E-state index >= 15 is 0 Å². The maximum atomic E-state index is 13.0. The summed E-state index contributed by atoms with van der Waals surface area (Å²) in [5, 5.41) is 15.6. The van der Waals surface area contributed by atoms with Crippen LogP contribution in [0.15, 0.2) is 42.6 Å². The Morgan fingerprint density at radius 1 is 1.13 bits per heavy atom. The second-order valence-corrected chi connectivity index (χ2v) is 9.68. The Bertz CT molecular complexity index is 1310. The topological polar surface area (TPSA) is 123 Å². The molecule has 1 aliphatic heterocycles. The number of benzene rings is 1. The van der Waals surface area contributed by atoms with Crippen molar-refractivity contribution < 1.29 is 19.2 Å². The van der Waals surface area contributed by atoms with Gasteiger partial charge in [-0.3, -0.25) is 19.9 Å². The lowest BCUT2D eigenvalue weighted by molar-refractivity contribution is -0.118. The van der Waals surface area contributed by atoms with Crippen LogP contribution in [0.3, 0.4) is 0 Å². The predicted molar refractivity (Wildman–Crippen MR) is 142 cm³/mol. The summed E-state index contributed by atoms with van der Waals surface area (Å²) in [7, 11) is 1.64. The third-order valence-corrected chi connectivity index (χ3v) is 6.60. The van der Waals surface area contributed by atoms with Gasteiger partial charge in [0.25, 0.3) is 5.91 Å². The van der Waals surface area contributed by atoms with E-state index in [0.717, 1.165) is 35.2 Å². The number of ether oxygens (including phenoxy) is 1. The predicted octanol–water partition coefficient (Wildman–Crippen LogP) is 2.83. The number of nitrogens with one attached hydrogen (secondary N) is 3. The zero-order valence-electron chi connectivity index (χ0n) is 21.9. The van der Waals surface area contributed by atoms with Crippen LogP contribution in [-0.4, -0.2) is 77.3 Å². The van der Waals surface area contributed by atoms with Crippen LogP contribution in [0.5, 0.6) is 0 Å². The van der Waals surface area contributed by atoms with Gasteiger partial charge in [0.15, 0.2) is 0 Å². The third kappa shape index (κ3) is 5.85. The number of nitrogens with zero attached hydrogens (tertiary/aromatic N) is 4. The lowest BCUT2D eigenvalue weighted by Crippen LogP contribution is -2.41. The molecule has 3 heterocycles. The van der Waals surface area contributed by atoms with E-state index in [0.29, 0.717) is 43.5 Å². The Labute approximate surface area is 221 Å². The van der Waals surface area contributed by atoms with Crippen LogP contribution in [0.4, 0.5) is 10.6 Å². The molecule has 11 heteroatoms. The monoisotopic (exact) mass is 519 g/mol. The number of rotatable bonds is 9. The summed E-state index contributed by atoms with van der Waals surface area (Å²) >= 11 is 0. The summed E-state index contributed by atoms with van der Waals surface area (Å²) in [5.74, 6) is 0.394. The first-order valence-corrected chi connectivity index (χ1v) is 12.8. The summed E-state index contributed by atoms with van der Waals surface area (Å²) in [6.07, 6.45) is 3.69. The fourth-order valence-corrected chi connectivity index (χ4v) is 4.41. The van der Waals surface area contributed by atoms with Crippen LogP contribution < -0.4 is 16.0 Å². The van der Waals surface area contributed by atoms with Gasteiger partial charge in [0.2, 0.25) is 0 Å². The molecule has 11 nitrogen and oxygen atoms in total. The molecule has 2 aromatic heterocycles. The van der Waals surface area contributed by atoms with Crippen molar-refractivity contribution in [3.8, 4) is 16.9 Å². The van der Waals surface area contributed by atoms with Crippen molar-refractivity contribution in [1.29, 1.82) is 0 Å². The molecule has 2 fully saturated rings. The molecular formula is C27H33N7O4. The van der Waals surface area contributed by atoms with Gasteiger partial charge in [-0.1, -0.05) is 18.2 Å². The summed E-state index contributed by atoms with van der Waals surface area (Å²) in [6, 6.07) is 11.3. The van der Waals surface area contributed by atoms with Crippen LogP contribution in [0.25, 0.3) is 16.9 Å². The molecule has 0 bridgehead atoms. The van der Waals surface area contributed by atoms with E-state index in [2.05, 4.69) is 20.9 Å². The van der Waals surface area contributed by atoms with Crippen molar-refractivity contribution in [1.82, 2.24) is 30.5 Å². The van der Waals surface area contributed by atoms with Crippen molar-refractivity contribution in [3.05, 3.63) is 59.4 Å². The Morgan fingerprint density at radius 3 is 2.63 bits per heavy atom. The van der Waals surface area contributed by atoms with E-state index in [4.69, 9.17) is 14.7 Å². The van der Waals surface area contributed by atoms with Crippen LogP contribution >= 0.6 is 0 Å². The van der Waals surface area contributed by atoms with Gasteiger partial charge in [-0.05, 0) is 50.5 Å². The number of hydrogen-bond acceptors (Lipinski definition) is 7. The number of anilines is 1. The van der Waals surface area contributed by atoms with Crippen molar-refractivity contribution in [3.63, 3.8) is 0 Å². The maximum Gasteiger partial charge on any atom is 0.320 e. The Morgan fingerprint density at radius 2 is 1.92 bits per heavy atom. The van der Waals surface area contributed by atoms with E-state index in [-0.39, 0.29) is 24.0 Å². The molecule has 1 aliphatic carbocycles. The van der Waals surface area contributed by atoms with Crippen LogP contribution in [-0.2, 0) is 9.57 Å². The summed E-state index contributed by atoms with van der Waals surface area (Å²) in [5.41, 5.74) is 4.20. The van der Waals surface area contributed by atoms with Gasteiger partial charge in [-0.25, -0.2) is 9.48 Å². The van der Waals surface area contributed by atoms with Gasteiger partial charge in [-0.2, -0.15) is 10.2 Å². The summed E-state index contributed by atoms with van der Waals surface area (Å²) in [6.45, 7) is 5.93. The fraction of sp³-hybridized carbons (Fsp3) is 0.407. The molecule has 1 aromatic carbocycles. The smallest absolute Gasteiger partial charge is 0.320 e. The SMILES string of the molecule is COCCN1C[C@@H](NC(=O)Nc2c(C)c(-c3cnc(C(=O)NC4CC4)c(C)c3)nn2-c2ccccc2)CO1. The number of pyridine rings is 1. The normalized spacial score (nSPS) is 17.4. The maximum absolute atomic E-state index is 13.0. The largest absolute Gasteiger partial charge is 0.383 e. The number of hydrogen-bond donors (Lipinski definition) is 3. The van der Waals surface area contributed by atoms with Crippen molar-refractivity contribution in [2.45, 2.75) is 38.8 Å². The van der Waals surface area contributed by atoms with Gasteiger partial charge >= 0.3 is 6.03 Å². The van der Waals surface area contributed by atoms with Gasteiger partial charge in [-0.15, -0.1) is 0 Å². The molecule has 0 radical (unpaired) electrons. The number of carbonyl (C=O) groups excluding carboxylic acids is 2. The first-order chi connectivity index (χ1) is 18.4. The quantitative estimate of drug-likeness (QED) is 0.397. The zero-order valence-corrected chi connectivity index (χ0v) is 21.9. The molecule has 2 aliphatic rings. The Kier molecular flexibility index (Phi) is 7.68. The van der Waals surface area contributed by atoms with E-state index in [1.165, 1.54) is 0 Å². The number of amides is 3. The summed E-state index contributed by atoms with van der Waals surface area (Å²) in [4.78, 5) is 35.6. The van der Waals surface area contributed by atoms with Gasteiger partial charge < -0.3 is 15.4 Å². The van der Waals surface area contributed by atoms with E-state index in [1.54, 1.807) is 23.1 Å². The average Bonchev–Trinajstić information content (AvgIpc) is 3.52. The first kappa shape index (κ1) is 25.8. The molecule has 0 unspecified atom stereocenters. The van der Waals surface area contributed by atoms with Gasteiger partial charge in [0.1, 0.15) is 11.5 Å². The standard InChI is InChI=1S/C27H33N7O4/c1-17-13-19(14-28-23(17)26(35)29-20-9-10-20)24-18(2)25(34(32-24)22-7-5-4-6-8-22)31-27(36)30-21-15-33(38-16-21)11-12-37-3/h4-8,13-14,20-21H,9-12,15-16H2,1-3H3,(H,29,35)(H2,30,31,36)/t21-/m1/s1. The molecule has 1 saturated heterocycles. The molecule has 200 valence electrons. The minimum absolute atomic E-state index is 0.152. The molecule has 1 atom stereocenters. The van der Waals surface area contributed by atoms with Crippen LogP contribution in [0.2, 0.25) is 0 Å². The molecular weight excluding hydrogens is 486 g/mol. The number of para-hydroxylation sites is 1. The summed E-state index contributed by atoms with van der Waals surface area (Å²) < 4.78 is 6.81. The van der Waals surface area contributed by atoms with Crippen molar-refractivity contribution >= 4 is 17.8 Å². The first-order valence-electron chi connectivity index (χ1n) is 12.8. The highest BCUT2D eigenvalue weighted by Crippen LogP contribution is 2.31. The number of hydroxylamine groups is 2. The average molecular weight is 520 g/mol. The van der Waals surface area contributed by atoms with E-state index in [1.807, 2.05) is 50.2 Å². The van der Waals surface area contributed by atoms with Gasteiger partial charge in [0, 0.05) is 43.6 Å². The lowest BCUT2D eigenvalue weighted by Gasteiger charge is -2.15. The van der Waals surface area contributed by atoms with Crippen molar-refractivity contribution in [2.24, 2.45) is 0 Å². The third-order valence-electron chi connectivity index (χ3n) is 6.60. The molecule has 1 saturated carbocycles. The molecule has 3 N–H and O–H groups in total. The van der Waals surface area contributed by atoms with E-state index in [9.17, 15) is 9.59 Å². The lowest BCUT2D eigenvalue weighted by atomic mass is 10.1. The van der Waals surface area contributed by atoms with Gasteiger partial charge in [0.05, 0.1) is 30.6 Å². The Hall–Kier alpha value is -3.80. The highest BCUT2D eigenvalue weighted by molar-refractivity contribution is 5.95. The zero-order chi connectivity index (χ0) is 26.6. The molecule has 38 heavy (non-hydrogen) atoms. The molecule has 3 aromatic rings. The van der Waals surface area contributed by atoms with Crippen LogP contribution in [0.1, 0.15) is 34.5 Å². The van der Waals surface area contributed by atoms with E-state index < -0.39 is 0 Å². The van der Waals surface area contributed by atoms with Crippen LogP contribution in [0, 0.1) is 13.8 Å². The second kappa shape index (κ2) is 11.3. The van der Waals surface area contributed by atoms with Crippen molar-refractivity contribution in [2.75, 3.05) is 38.7 Å². The minimum Gasteiger partial charge on any atom is -0.383 e. The number of aromatic nitrogens is 3. The number of urea groups is 1. The number of carbonyl (C=O) groups is 2. The second-order valence-electron chi connectivity index (χ2n) is 9.68. The highest BCUT2D eigenvalue weighted by atomic mass is 16.7. The highest BCUT2D eigenvalue weighted by Gasteiger charge is 2.27. The fourth-order valence-electron chi connectivity index (χ4n) is 4.41. The molecule has 3 amide bonds. The number of aryl methyl sites for hydroxylation is 1. The molecule has 5 rings (SSSR count). The number of methoxy groups -OCH3 is 1. The minimum atomic E-state index is -0.347. The Balaban J connectivity index is 1.38. The molecule has 0 spiro atoms.